The number of nitrogens with zero attached hydrogens (tertiary/aromatic N) is 1. The van der Waals surface area contributed by atoms with E-state index in [4.69, 9.17) is 21.1 Å². The van der Waals surface area contributed by atoms with Gasteiger partial charge in [-0.15, -0.1) is 11.3 Å². The van der Waals surface area contributed by atoms with Crippen LogP contribution in [0.5, 0.6) is 0 Å². The first-order valence-electron chi connectivity index (χ1n) is 8.15. The summed E-state index contributed by atoms with van der Waals surface area (Å²) in [7, 11) is 0. The van der Waals surface area contributed by atoms with Crippen molar-refractivity contribution in [1.82, 2.24) is 4.98 Å². The molecule has 3 heterocycles. The Bertz CT molecular complexity index is 918. The zero-order valence-corrected chi connectivity index (χ0v) is 15.0. The summed E-state index contributed by atoms with van der Waals surface area (Å²) in [5, 5.41) is 0.784. The van der Waals surface area contributed by atoms with Gasteiger partial charge in [-0.05, 0) is 37.1 Å². The fraction of sp³-hybridized carbons (Fsp3) is 0.263. The highest BCUT2D eigenvalue weighted by Gasteiger charge is 2.20. The summed E-state index contributed by atoms with van der Waals surface area (Å²) < 4.78 is 11.7. The minimum Gasteiger partial charge on any atom is -0.459 e. The molecule has 6 heteroatoms. The summed E-state index contributed by atoms with van der Waals surface area (Å²) in [4.78, 5) is 18.3. The standard InChI is InChI=1S/C19H16ClNO3S/c20-18-8-7-17(25-18)16-10-14(13-5-1-2-6-15(13)21-16)19(22)24-11-12-4-3-9-23-12/h1-2,5-8,10,12H,3-4,9,11H2/t12-/m1/s1. The van der Waals surface area contributed by atoms with E-state index in [2.05, 4.69) is 4.98 Å². The fourth-order valence-electron chi connectivity index (χ4n) is 2.94. The molecule has 1 fully saturated rings. The third-order valence-electron chi connectivity index (χ3n) is 4.19. The number of carbonyl (C=O) groups excluding carboxylic acids is 1. The van der Waals surface area contributed by atoms with Gasteiger partial charge in [0.05, 0.1) is 32.1 Å². The zero-order chi connectivity index (χ0) is 17.2. The van der Waals surface area contributed by atoms with E-state index in [1.54, 1.807) is 6.07 Å². The van der Waals surface area contributed by atoms with Gasteiger partial charge in [-0.1, -0.05) is 29.8 Å². The Hall–Kier alpha value is -1.95. The van der Waals surface area contributed by atoms with Crippen molar-refractivity contribution in [3.63, 3.8) is 0 Å². The Morgan fingerprint density at radius 3 is 2.96 bits per heavy atom. The quantitative estimate of drug-likeness (QED) is 0.607. The predicted molar refractivity (Wildman–Crippen MR) is 99.3 cm³/mol. The Morgan fingerprint density at radius 2 is 2.20 bits per heavy atom. The average Bonchev–Trinajstić information content (AvgIpc) is 3.30. The Balaban J connectivity index is 1.69. The van der Waals surface area contributed by atoms with Gasteiger partial charge in [0.15, 0.2) is 0 Å². The number of benzene rings is 1. The van der Waals surface area contributed by atoms with Crippen LogP contribution >= 0.6 is 22.9 Å². The second-order valence-electron chi connectivity index (χ2n) is 5.91. The van der Waals surface area contributed by atoms with Gasteiger partial charge in [0.1, 0.15) is 6.61 Å². The van der Waals surface area contributed by atoms with E-state index >= 15 is 0 Å². The summed E-state index contributed by atoms with van der Waals surface area (Å²) in [6.07, 6.45) is 1.96. The number of para-hydroxylation sites is 1. The van der Waals surface area contributed by atoms with Crippen molar-refractivity contribution in [3.8, 4) is 10.6 Å². The molecule has 1 aliphatic heterocycles. The van der Waals surface area contributed by atoms with Crippen LogP contribution in [-0.2, 0) is 9.47 Å². The molecule has 2 aromatic heterocycles. The van der Waals surface area contributed by atoms with Gasteiger partial charge in [-0.25, -0.2) is 9.78 Å². The van der Waals surface area contributed by atoms with Crippen LogP contribution in [0.15, 0.2) is 42.5 Å². The molecule has 0 unspecified atom stereocenters. The second-order valence-corrected chi connectivity index (χ2v) is 7.62. The number of carbonyl (C=O) groups is 1. The van der Waals surface area contributed by atoms with E-state index in [1.165, 1.54) is 11.3 Å². The minimum absolute atomic E-state index is 0.00706. The van der Waals surface area contributed by atoms with Crippen molar-refractivity contribution in [3.05, 3.63) is 52.4 Å². The molecule has 0 saturated carbocycles. The molecule has 1 aromatic carbocycles. The summed E-state index contributed by atoms with van der Waals surface area (Å²) in [5.74, 6) is -0.349. The van der Waals surface area contributed by atoms with Gasteiger partial charge < -0.3 is 9.47 Å². The Morgan fingerprint density at radius 1 is 1.32 bits per heavy atom. The SMILES string of the molecule is O=C(OC[C@H]1CCCO1)c1cc(-c2ccc(Cl)s2)nc2ccccc12. The van der Waals surface area contributed by atoms with E-state index < -0.39 is 0 Å². The highest BCUT2D eigenvalue weighted by Crippen LogP contribution is 2.32. The lowest BCUT2D eigenvalue weighted by Crippen LogP contribution is -2.18. The van der Waals surface area contributed by atoms with Crippen molar-refractivity contribution >= 4 is 39.8 Å². The van der Waals surface area contributed by atoms with Crippen molar-refractivity contribution in [2.24, 2.45) is 0 Å². The van der Waals surface area contributed by atoms with Gasteiger partial charge in [0.2, 0.25) is 0 Å². The lowest BCUT2D eigenvalue weighted by atomic mass is 10.1. The van der Waals surface area contributed by atoms with Crippen LogP contribution in [0, 0.1) is 0 Å². The molecule has 0 aliphatic carbocycles. The maximum Gasteiger partial charge on any atom is 0.338 e. The van der Waals surface area contributed by atoms with E-state index in [1.807, 2.05) is 36.4 Å². The first-order valence-corrected chi connectivity index (χ1v) is 9.34. The van der Waals surface area contributed by atoms with Crippen molar-refractivity contribution < 1.29 is 14.3 Å². The van der Waals surface area contributed by atoms with Crippen LogP contribution in [0.4, 0.5) is 0 Å². The number of ether oxygens (including phenoxy) is 2. The van der Waals surface area contributed by atoms with E-state index in [0.717, 1.165) is 40.9 Å². The van der Waals surface area contributed by atoms with Crippen LogP contribution in [0.2, 0.25) is 4.34 Å². The smallest absolute Gasteiger partial charge is 0.338 e. The first-order chi connectivity index (χ1) is 12.2. The number of hydrogen-bond acceptors (Lipinski definition) is 5. The monoisotopic (exact) mass is 373 g/mol. The molecule has 3 aromatic rings. The number of rotatable bonds is 4. The van der Waals surface area contributed by atoms with Crippen molar-refractivity contribution in [2.75, 3.05) is 13.2 Å². The number of fused-ring (bicyclic) bond motifs is 1. The molecule has 0 amide bonds. The molecule has 4 rings (SSSR count). The van der Waals surface area contributed by atoms with Crippen molar-refractivity contribution in [1.29, 1.82) is 0 Å². The van der Waals surface area contributed by atoms with Gasteiger partial charge in [0.25, 0.3) is 0 Å². The van der Waals surface area contributed by atoms with Gasteiger partial charge >= 0.3 is 5.97 Å². The van der Waals surface area contributed by atoms with Crippen molar-refractivity contribution in [2.45, 2.75) is 18.9 Å². The van der Waals surface area contributed by atoms with Gasteiger partial charge in [-0.2, -0.15) is 0 Å². The molecule has 1 atom stereocenters. The number of thiophene rings is 1. The number of pyridine rings is 1. The Labute approximate surface area is 154 Å². The summed E-state index contributed by atoms with van der Waals surface area (Å²) >= 11 is 7.47. The molecule has 0 N–H and O–H groups in total. The molecule has 25 heavy (non-hydrogen) atoms. The van der Waals surface area contributed by atoms with Crippen LogP contribution < -0.4 is 0 Å². The maximum atomic E-state index is 12.7. The highest BCUT2D eigenvalue weighted by molar-refractivity contribution is 7.19. The summed E-state index contributed by atoms with van der Waals surface area (Å²) in [6, 6.07) is 13.1. The largest absolute Gasteiger partial charge is 0.459 e. The number of hydrogen-bond donors (Lipinski definition) is 0. The molecule has 0 bridgehead atoms. The third kappa shape index (κ3) is 3.54. The molecule has 1 aliphatic rings. The van der Waals surface area contributed by atoms with Gasteiger partial charge in [-0.3, -0.25) is 0 Å². The molecule has 0 radical (unpaired) electrons. The number of halogens is 1. The highest BCUT2D eigenvalue weighted by atomic mass is 35.5. The average molecular weight is 374 g/mol. The molecule has 1 saturated heterocycles. The van der Waals surface area contributed by atoms with Crippen LogP contribution in [0.3, 0.4) is 0 Å². The predicted octanol–water partition coefficient (Wildman–Crippen LogP) is 4.95. The van der Waals surface area contributed by atoms with Gasteiger partial charge in [0, 0.05) is 12.0 Å². The molecule has 0 spiro atoms. The second kappa shape index (κ2) is 7.12. The first kappa shape index (κ1) is 16.5. The van der Waals surface area contributed by atoms with E-state index in [0.29, 0.717) is 9.90 Å². The lowest BCUT2D eigenvalue weighted by molar-refractivity contribution is 0.0163. The summed E-state index contributed by atoms with van der Waals surface area (Å²) in [6.45, 7) is 1.03. The molecule has 128 valence electrons. The van der Waals surface area contributed by atoms with E-state index in [9.17, 15) is 4.79 Å². The number of aromatic nitrogens is 1. The number of esters is 1. The summed E-state index contributed by atoms with van der Waals surface area (Å²) in [5.41, 5.74) is 2.00. The Kier molecular flexibility index (Phi) is 4.70. The topological polar surface area (TPSA) is 48.4 Å². The molecular formula is C19H16ClNO3S. The fourth-order valence-corrected chi connectivity index (χ4v) is 3.95. The lowest BCUT2D eigenvalue weighted by Gasteiger charge is -2.12. The van der Waals surface area contributed by atoms with Crippen LogP contribution in [-0.4, -0.2) is 30.3 Å². The maximum absolute atomic E-state index is 12.7. The minimum atomic E-state index is -0.349. The molecular weight excluding hydrogens is 358 g/mol. The van der Waals surface area contributed by atoms with Crippen LogP contribution in [0.1, 0.15) is 23.2 Å². The molecule has 4 nitrogen and oxygen atoms in total. The third-order valence-corrected chi connectivity index (χ3v) is 5.44. The van der Waals surface area contributed by atoms with E-state index in [-0.39, 0.29) is 18.7 Å². The normalized spacial score (nSPS) is 17.1. The van der Waals surface area contributed by atoms with Crippen LogP contribution in [0.25, 0.3) is 21.5 Å². The zero-order valence-electron chi connectivity index (χ0n) is 13.4.